The standard InChI is InChI=1S/C17H23N5O3S2/c1-5-25-16(24)13-11-7-6-9(2)8-12(11)27-15(13)18-14(23)10(3)26-17-19-20-21-22(17)4/h9-10H,5-8H2,1-4H3,(H,18,23)/t9-,10+/m0/s1. The summed E-state index contributed by atoms with van der Waals surface area (Å²) in [4.78, 5) is 26.4. The van der Waals surface area contributed by atoms with Crippen LogP contribution in [-0.2, 0) is 29.4 Å². The summed E-state index contributed by atoms with van der Waals surface area (Å²) >= 11 is 2.76. The zero-order chi connectivity index (χ0) is 19.6. The van der Waals surface area contributed by atoms with Crippen LogP contribution in [0.3, 0.4) is 0 Å². The van der Waals surface area contributed by atoms with Crippen molar-refractivity contribution in [3.05, 3.63) is 16.0 Å². The smallest absolute Gasteiger partial charge is 0.341 e. The van der Waals surface area contributed by atoms with Crippen molar-refractivity contribution in [1.82, 2.24) is 20.2 Å². The van der Waals surface area contributed by atoms with Crippen molar-refractivity contribution in [1.29, 1.82) is 0 Å². The molecule has 2 aromatic heterocycles. The van der Waals surface area contributed by atoms with Crippen molar-refractivity contribution in [3.8, 4) is 0 Å². The summed E-state index contributed by atoms with van der Waals surface area (Å²) in [5, 5.41) is 14.9. The number of hydrogen-bond donors (Lipinski definition) is 1. The lowest BCUT2D eigenvalue weighted by atomic mass is 9.88. The SMILES string of the molecule is CCOC(=O)c1c(NC(=O)[C@@H](C)Sc2nnnn2C)sc2c1CC[C@H](C)C2. The normalized spacial score (nSPS) is 17.3. The van der Waals surface area contributed by atoms with E-state index in [0.29, 0.717) is 28.2 Å². The first-order chi connectivity index (χ1) is 12.9. The van der Waals surface area contributed by atoms with E-state index in [-0.39, 0.29) is 11.9 Å². The maximum atomic E-state index is 12.7. The Labute approximate surface area is 166 Å². The van der Waals surface area contributed by atoms with Gasteiger partial charge in [-0.05, 0) is 55.0 Å². The molecular weight excluding hydrogens is 386 g/mol. The van der Waals surface area contributed by atoms with Crippen LogP contribution in [-0.4, -0.2) is 43.9 Å². The van der Waals surface area contributed by atoms with Gasteiger partial charge >= 0.3 is 5.97 Å². The van der Waals surface area contributed by atoms with E-state index in [1.165, 1.54) is 32.7 Å². The highest BCUT2D eigenvalue weighted by Crippen LogP contribution is 2.40. The average Bonchev–Trinajstić information content (AvgIpc) is 3.17. The van der Waals surface area contributed by atoms with Crippen LogP contribution in [0, 0.1) is 5.92 Å². The van der Waals surface area contributed by atoms with E-state index in [0.717, 1.165) is 24.8 Å². The molecule has 10 heteroatoms. The first-order valence-corrected chi connectivity index (χ1v) is 10.6. The molecular formula is C17H23N5O3S2. The fourth-order valence-corrected chi connectivity index (χ4v) is 5.16. The molecule has 1 aliphatic rings. The molecule has 1 amide bonds. The molecule has 2 heterocycles. The number of thioether (sulfide) groups is 1. The number of carbonyl (C=O) groups excluding carboxylic acids is 2. The third-order valence-corrected chi connectivity index (χ3v) is 6.75. The molecule has 0 aliphatic heterocycles. The Balaban J connectivity index is 1.81. The number of aryl methyl sites for hydroxylation is 1. The number of hydrogen-bond acceptors (Lipinski definition) is 8. The molecule has 2 atom stereocenters. The van der Waals surface area contributed by atoms with Gasteiger partial charge < -0.3 is 10.1 Å². The maximum Gasteiger partial charge on any atom is 0.341 e. The van der Waals surface area contributed by atoms with Crippen molar-refractivity contribution in [3.63, 3.8) is 0 Å². The van der Waals surface area contributed by atoms with E-state index in [1.54, 1.807) is 20.9 Å². The predicted octanol–water partition coefficient (Wildman–Crippen LogP) is 2.69. The lowest BCUT2D eigenvalue weighted by molar-refractivity contribution is -0.115. The van der Waals surface area contributed by atoms with Gasteiger partial charge in [0.1, 0.15) is 5.00 Å². The Kier molecular flexibility index (Phi) is 6.15. The third kappa shape index (κ3) is 4.32. The molecule has 0 aromatic carbocycles. The highest BCUT2D eigenvalue weighted by atomic mass is 32.2. The zero-order valence-electron chi connectivity index (χ0n) is 15.8. The topological polar surface area (TPSA) is 99.0 Å². The van der Waals surface area contributed by atoms with Crippen molar-refractivity contribution in [2.45, 2.75) is 50.4 Å². The van der Waals surface area contributed by atoms with Crippen LogP contribution < -0.4 is 5.32 Å². The molecule has 1 aliphatic carbocycles. The van der Waals surface area contributed by atoms with Crippen molar-refractivity contribution in [2.24, 2.45) is 13.0 Å². The quantitative estimate of drug-likeness (QED) is 0.578. The Morgan fingerprint density at radius 1 is 1.48 bits per heavy atom. The molecule has 0 radical (unpaired) electrons. The fourth-order valence-electron chi connectivity index (χ4n) is 3.00. The number of thiophene rings is 1. The van der Waals surface area contributed by atoms with E-state index < -0.39 is 5.25 Å². The number of tetrazole rings is 1. The average molecular weight is 410 g/mol. The number of ether oxygens (including phenoxy) is 1. The molecule has 2 aromatic rings. The van der Waals surface area contributed by atoms with Crippen LogP contribution >= 0.6 is 23.1 Å². The van der Waals surface area contributed by atoms with Crippen molar-refractivity contribution >= 4 is 40.0 Å². The number of nitrogens with zero attached hydrogens (tertiary/aromatic N) is 4. The maximum absolute atomic E-state index is 12.7. The molecule has 3 rings (SSSR count). The number of aromatic nitrogens is 4. The van der Waals surface area contributed by atoms with Gasteiger partial charge in [0.05, 0.1) is 17.4 Å². The predicted molar refractivity (Wildman–Crippen MR) is 104 cm³/mol. The summed E-state index contributed by atoms with van der Waals surface area (Å²) in [5.41, 5.74) is 1.55. The van der Waals surface area contributed by atoms with Gasteiger partial charge in [0.15, 0.2) is 0 Å². The summed E-state index contributed by atoms with van der Waals surface area (Å²) in [6.07, 6.45) is 2.80. The Hall–Kier alpha value is -1.94. The highest BCUT2D eigenvalue weighted by molar-refractivity contribution is 8.00. The van der Waals surface area contributed by atoms with Crippen molar-refractivity contribution in [2.75, 3.05) is 11.9 Å². The molecule has 0 bridgehead atoms. The number of fused-ring (bicyclic) bond motifs is 1. The molecule has 0 spiro atoms. The minimum atomic E-state index is -0.414. The van der Waals surface area contributed by atoms with Gasteiger partial charge in [0.2, 0.25) is 11.1 Å². The summed E-state index contributed by atoms with van der Waals surface area (Å²) in [6, 6.07) is 0. The summed E-state index contributed by atoms with van der Waals surface area (Å²) in [7, 11) is 1.72. The monoisotopic (exact) mass is 409 g/mol. The molecule has 8 nitrogen and oxygen atoms in total. The summed E-state index contributed by atoms with van der Waals surface area (Å²) < 4.78 is 6.76. The van der Waals surface area contributed by atoms with Crippen LogP contribution in [0.4, 0.5) is 5.00 Å². The lowest BCUT2D eigenvalue weighted by Crippen LogP contribution is -2.24. The molecule has 146 valence electrons. The first kappa shape index (κ1) is 19.8. The number of rotatable bonds is 6. The van der Waals surface area contributed by atoms with Gasteiger partial charge in [-0.2, -0.15) is 0 Å². The van der Waals surface area contributed by atoms with Gasteiger partial charge in [-0.15, -0.1) is 16.4 Å². The minimum Gasteiger partial charge on any atom is -0.462 e. The second-order valence-electron chi connectivity index (χ2n) is 6.61. The number of nitrogens with one attached hydrogen (secondary N) is 1. The molecule has 0 saturated heterocycles. The Morgan fingerprint density at radius 3 is 2.93 bits per heavy atom. The van der Waals surface area contributed by atoms with E-state index in [4.69, 9.17) is 4.74 Å². The van der Waals surface area contributed by atoms with Crippen LogP contribution in [0.15, 0.2) is 5.16 Å². The third-order valence-electron chi connectivity index (χ3n) is 4.46. The van der Waals surface area contributed by atoms with E-state index >= 15 is 0 Å². The van der Waals surface area contributed by atoms with Crippen LogP contribution in [0.5, 0.6) is 0 Å². The molecule has 0 unspecified atom stereocenters. The lowest BCUT2D eigenvalue weighted by Gasteiger charge is -2.18. The molecule has 1 N–H and O–H groups in total. The second kappa shape index (κ2) is 8.39. The number of carbonyl (C=O) groups is 2. The first-order valence-electron chi connectivity index (χ1n) is 8.92. The van der Waals surface area contributed by atoms with E-state index in [9.17, 15) is 9.59 Å². The van der Waals surface area contributed by atoms with Crippen LogP contribution in [0.25, 0.3) is 0 Å². The van der Waals surface area contributed by atoms with Gasteiger partial charge in [-0.1, -0.05) is 18.7 Å². The number of anilines is 1. The molecule has 0 fully saturated rings. The summed E-state index contributed by atoms with van der Waals surface area (Å²) in [6.45, 7) is 6.08. The van der Waals surface area contributed by atoms with Gasteiger partial charge in [0, 0.05) is 11.9 Å². The second-order valence-corrected chi connectivity index (χ2v) is 9.02. The summed E-state index contributed by atoms with van der Waals surface area (Å²) in [5.74, 6) is 0.0190. The fraction of sp³-hybridized carbons (Fsp3) is 0.588. The largest absolute Gasteiger partial charge is 0.462 e. The highest BCUT2D eigenvalue weighted by Gasteiger charge is 2.30. The van der Waals surface area contributed by atoms with Gasteiger partial charge in [-0.3, -0.25) is 4.79 Å². The molecule has 0 saturated carbocycles. The Morgan fingerprint density at radius 2 is 2.26 bits per heavy atom. The van der Waals surface area contributed by atoms with Gasteiger partial charge in [-0.25, -0.2) is 9.48 Å². The van der Waals surface area contributed by atoms with Crippen molar-refractivity contribution < 1.29 is 14.3 Å². The zero-order valence-corrected chi connectivity index (χ0v) is 17.4. The van der Waals surface area contributed by atoms with E-state index in [2.05, 4.69) is 27.8 Å². The van der Waals surface area contributed by atoms with Gasteiger partial charge in [0.25, 0.3) is 0 Å². The molecule has 27 heavy (non-hydrogen) atoms. The number of amides is 1. The number of esters is 1. The van der Waals surface area contributed by atoms with Crippen LogP contribution in [0.2, 0.25) is 0 Å². The minimum absolute atomic E-state index is 0.194. The Bertz CT molecular complexity index is 848. The van der Waals surface area contributed by atoms with Crippen LogP contribution in [0.1, 0.15) is 48.0 Å². The van der Waals surface area contributed by atoms with E-state index in [1.807, 2.05) is 0 Å².